The number of hydrogen-bond acceptors (Lipinski definition) is 5. The van der Waals surface area contributed by atoms with E-state index in [1.807, 2.05) is 24.4 Å². The van der Waals surface area contributed by atoms with Gasteiger partial charge in [0.25, 0.3) is 5.91 Å². The fourth-order valence-electron chi connectivity index (χ4n) is 4.39. The molecular weight excluding hydrogens is 418 g/mol. The first-order valence-electron chi connectivity index (χ1n) is 10.9. The lowest BCUT2D eigenvalue weighted by atomic mass is 9.68. The average Bonchev–Trinajstić information content (AvgIpc) is 2.88. The van der Waals surface area contributed by atoms with Crippen LogP contribution in [0.2, 0.25) is 0 Å². The molecule has 0 saturated heterocycles. The first kappa shape index (κ1) is 23.8. The number of nitrogens with zero attached hydrogens (tertiary/aromatic N) is 2. The molecular formula is C25H29N5O3. The average molecular weight is 448 g/mol. The summed E-state index contributed by atoms with van der Waals surface area (Å²) in [6, 6.07) is 17.0. The van der Waals surface area contributed by atoms with Crippen LogP contribution in [0.4, 0.5) is 0 Å². The molecule has 8 heteroatoms. The van der Waals surface area contributed by atoms with Crippen molar-refractivity contribution in [2.75, 3.05) is 20.7 Å². The molecule has 0 spiro atoms. The predicted molar refractivity (Wildman–Crippen MR) is 126 cm³/mol. The monoisotopic (exact) mass is 447 g/mol. The van der Waals surface area contributed by atoms with Gasteiger partial charge in [0, 0.05) is 25.0 Å². The van der Waals surface area contributed by atoms with E-state index >= 15 is 0 Å². The molecule has 0 bridgehead atoms. The SMILES string of the molecule is CN=C(NC#N)NC1CCC(CNC(=O)c2ccccc2C(=O)OC)(c2ccccc2)CC1. The molecule has 3 N–H and O–H groups in total. The van der Waals surface area contributed by atoms with Crippen LogP contribution >= 0.6 is 0 Å². The zero-order chi connectivity index (χ0) is 23.7. The molecule has 3 rings (SSSR count). The Morgan fingerprint density at radius 2 is 1.73 bits per heavy atom. The van der Waals surface area contributed by atoms with Gasteiger partial charge in [-0.1, -0.05) is 42.5 Å². The lowest BCUT2D eigenvalue weighted by molar-refractivity contribution is 0.0596. The maximum Gasteiger partial charge on any atom is 0.338 e. The van der Waals surface area contributed by atoms with Gasteiger partial charge in [-0.3, -0.25) is 15.1 Å². The number of amides is 1. The van der Waals surface area contributed by atoms with Crippen LogP contribution in [0.25, 0.3) is 0 Å². The van der Waals surface area contributed by atoms with Gasteiger partial charge in [0.15, 0.2) is 6.19 Å². The van der Waals surface area contributed by atoms with Crippen LogP contribution in [0.15, 0.2) is 59.6 Å². The number of hydrogen-bond donors (Lipinski definition) is 3. The van der Waals surface area contributed by atoms with Crippen LogP contribution in [-0.4, -0.2) is 44.6 Å². The minimum atomic E-state index is -0.538. The highest BCUT2D eigenvalue weighted by Crippen LogP contribution is 2.39. The number of methoxy groups -OCH3 is 1. The van der Waals surface area contributed by atoms with Gasteiger partial charge in [0.1, 0.15) is 0 Å². The number of rotatable bonds is 6. The number of aliphatic imine (C=N–C) groups is 1. The molecule has 1 amide bonds. The van der Waals surface area contributed by atoms with Crippen LogP contribution < -0.4 is 16.0 Å². The van der Waals surface area contributed by atoms with E-state index in [0.29, 0.717) is 18.1 Å². The van der Waals surface area contributed by atoms with Gasteiger partial charge in [0.05, 0.1) is 18.2 Å². The van der Waals surface area contributed by atoms with Crippen LogP contribution in [-0.2, 0) is 10.2 Å². The fraction of sp³-hybridized carbons (Fsp3) is 0.360. The quantitative estimate of drug-likeness (QED) is 0.206. The molecule has 0 aliphatic heterocycles. The molecule has 1 saturated carbocycles. The number of benzene rings is 2. The van der Waals surface area contributed by atoms with E-state index in [-0.39, 0.29) is 22.9 Å². The number of carbonyl (C=O) groups excluding carboxylic acids is 2. The second-order valence-corrected chi connectivity index (χ2v) is 8.09. The summed E-state index contributed by atoms with van der Waals surface area (Å²) in [6.45, 7) is 0.448. The molecule has 172 valence electrons. The van der Waals surface area contributed by atoms with Crippen molar-refractivity contribution in [3.05, 3.63) is 71.3 Å². The van der Waals surface area contributed by atoms with Crippen molar-refractivity contribution in [2.45, 2.75) is 37.1 Å². The summed E-state index contributed by atoms with van der Waals surface area (Å²) < 4.78 is 4.82. The molecule has 1 aliphatic carbocycles. The molecule has 2 aromatic carbocycles. The summed E-state index contributed by atoms with van der Waals surface area (Å²) >= 11 is 0. The Morgan fingerprint density at radius 1 is 1.09 bits per heavy atom. The highest BCUT2D eigenvalue weighted by Gasteiger charge is 2.37. The van der Waals surface area contributed by atoms with E-state index in [1.165, 1.54) is 12.7 Å². The van der Waals surface area contributed by atoms with Crippen molar-refractivity contribution in [3.63, 3.8) is 0 Å². The van der Waals surface area contributed by atoms with Gasteiger partial charge in [0.2, 0.25) is 5.96 Å². The minimum Gasteiger partial charge on any atom is -0.465 e. The van der Waals surface area contributed by atoms with Crippen molar-refractivity contribution in [3.8, 4) is 6.19 Å². The number of carbonyl (C=O) groups is 2. The zero-order valence-corrected chi connectivity index (χ0v) is 18.9. The highest BCUT2D eigenvalue weighted by atomic mass is 16.5. The molecule has 1 aliphatic rings. The van der Waals surface area contributed by atoms with Crippen molar-refractivity contribution in [2.24, 2.45) is 4.99 Å². The van der Waals surface area contributed by atoms with Crippen molar-refractivity contribution in [1.29, 1.82) is 5.26 Å². The third-order valence-corrected chi connectivity index (χ3v) is 6.23. The van der Waals surface area contributed by atoms with E-state index in [0.717, 1.165) is 25.7 Å². The zero-order valence-electron chi connectivity index (χ0n) is 18.9. The minimum absolute atomic E-state index is 0.178. The molecule has 0 aromatic heterocycles. The molecule has 1 fully saturated rings. The number of nitrogens with one attached hydrogen (secondary N) is 3. The first-order valence-corrected chi connectivity index (χ1v) is 10.9. The van der Waals surface area contributed by atoms with Crippen molar-refractivity contribution in [1.82, 2.24) is 16.0 Å². The van der Waals surface area contributed by atoms with E-state index in [1.54, 1.807) is 31.3 Å². The standard InChI is InChI=1S/C25H29N5O3/c1-27-24(29-17-26)30-19-12-14-25(15-13-19,18-8-4-3-5-9-18)16-28-22(31)20-10-6-7-11-21(20)23(32)33-2/h3-11,19H,12-16H2,1-2H3,(H,28,31)(H2,27,29,30). The molecule has 2 aromatic rings. The largest absolute Gasteiger partial charge is 0.465 e. The summed E-state index contributed by atoms with van der Waals surface area (Å²) in [5.74, 6) is -0.378. The van der Waals surface area contributed by atoms with Crippen LogP contribution in [0.5, 0.6) is 0 Å². The summed E-state index contributed by atoms with van der Waals surface area (Å²) in [6.07, 6.45) is 5.29. The summed E-state index contributed by atoms with van der Waals surface area (Å²) in [7, 11) is 2.93. The lowest BCUT2D eigenvalue weighted by Gasteiger charge is -2.41. The molecule has 33 heavy (non-hydrogen) atoms. The highest BCUT2D eigenvalue weighted by molar-refractivity contribution is 6.05. The number of ether oxygens (including phenoxy) is 1. The molecule has 0 unspecified atom stereocenters. The Hall–Kier alpha value is -3.86. The molecule has 0 atom stereocenters. The van der Waals surface area contributed by atoms with Crippen molar-refractivity contribution < 1.29 is 14.3 Å². The number of nitriles is 1. The van der Waals surface area contributed by atoms with Gasteiger partial charge in [-0.15, -0.1) is 0 Å². The van der Waals surface area contributed by atoms with Gasteiger partial charge in [-0.2, -0.15) is 5.26 Å². The lowest BCUT2D eigenvalue weighted by Crippen LogP contribution is -2.49. The van der Waals surface area contributed by atoms with E-state index in [2.05, 4.69) is 33.1 Å². The Labute approximate surface area is 194 Å². The third-order valence-electron chi connectivity index (χ3n) is 6.23. The summed E-state index contributed by atoms with van der Waals surface area (Å²) in [5, 5.41) is 17.8. The second kappa shape index (κ2) is 11.1. The maximum atomic E-state index is 13.0. The summed E-state index contributed by atoms with van der Waals surface area (Å²) in [5.41, 5.74) is 1.48. The van der Waals surface area contributed by atoms with E-state index in [4.69, 9.17) is 10.00 Å². The Balaban J connectivity index is 1.76. The topological polar surface area (TPSA) is 116 Å². The van der Waals surface area contributed by atoms with Gasteiger partial charge in [-0.05, 0) is 43.4 Å². The Morgan fingerprint density at radius 3 is 2.33 bits per heavy atom. The summed E-state index contributed by atoms with van der Waals surface area (Å²) in [4.78, 5) is 29.2. The normalized spacial score (nSPS) is 20.3. The predicted octanol–water partition coefficient (Wildman–Crippen LogP) is 2.73. The van der Waals surface area contributed by atoms with Crippen LogP contribution in [0, 0.1) is 11.5 Å². The van der Waals surface area contributed by atoms with E-state index in [9.17, 15) is 9.59 Å². The Bertz CT molecular complexity index is 1040. The fourth-order valence-corrected chi connectivity index (χ4v) is 4.39. The number of esters is 1. The number of guanidine groups is 1. The van der Waals surface area contributed by atoms with Crippen LogP contribution in [0.3, 0.4) is 0 Å². The Kier molecular flexibility index (Phi) is 8.03. The van der Waals surface area contributed by atoms with E-state index < -0.39 is 5.97 Å². The molecule has 8 nitrogen and oxygen atoms in total. The smallest absolute Gasteiger partial charge is 0.338 e. The molecule has 0 radical (unpaired) electrons. The van der Waals surface area contributed by atoms with Gasteiger partial charge >= 0.3 is 5.97 Å². The second-order valence-electron chi connectivity index (χ2n) is 8.09. The molecule has 0 heterocycles. The third kappa shape index (κ3) is 5.69. The first-order chi connectivity index (χ1) is 16.0. The van der Waals surface area contributed by atoms with Crippen LogP contribution in [0.1, 0.15) is 52.0 Å². The maximum absolute atomic E-state index is 13.0. The van der Waals surface area contributed by atoms with Gasteiger partial charge < -0.3 is 15.4 Å². The van der Waals surface area contributed by atoms with Crippen molar-refractivity contribution >= 4 is 17.8 Å². The van der Waals surface area contributed by atoms with Gasteiger partial charge in [-0.25, -0.2) is 4.79 Å².